The van der Waals surface area contributed by atoms with Crippen LogP contribution in [0.15, 0.2) is 0 Å². The molecule has 1 atom stereocenters. The van der Waals surface area contributed by atoms with Crippen molar-refractivity contribution in [1.82, 2.24) is 9.62 Å². The molecule has 0 bridgehead atoms. The summed E-state index contributed by atoms with van der Waals surface area (Å²) in [5.74, 6) is -0.495. The number of amides is 1. The molecule has 0 radical (unpaired) electrons. The molecule has 0 saturated carbocycles. The Labute approximate surface area is 114 Å². The fourth-order valence-electron chi connectivity index (χ4n) is 1.68. The van der Waals surface area contributed by atoms with Gasteiger partial charge in [0.05, 0.1) is 25.1 Å². The molecule has 8 heteroatoms. The molecule has 112 valence electrons. The molecule has 2 N–H and O–H groups in total. The lowest BCUT2D eigenvalue weighted by molar-refractivity contribution is -0.120. The molecule has 0 aromatic heterocycles. The number of sulfonamides is 1. The molecule has 1 heterocycles. The van der Waals surface area contributed by atoms with Crippen molar-refractivity contribution in [3.8, 4) is 0 Å². The normalized spacial score (nSPS) is 19.1. The summed E-state index contributed by atoms with van der Waals surface area (Å²) in [6, 6.07) is 0. The summed E-state index contributed by atoms with van der Waals surface area (Å²) >= 11 is 0. The first-order valence-electron chi connectivity index (χ1n) is 6.42. The van der Waals surface area contributed by atoms with Crippen molar-refractivity contribution >= 4 is 15.9 Å². The van der Waals surface area contributed by atoms with Crippen LogP contribution in [0.4, 0.5) is 0 Å². The van der Waals surface area contributed by atoms with Gasteiger partial charge in [0.25, 0.3) is 0 Å². The van der Waals surface area contributed by atoms with Crippen LogP contribution in [0.25, 0.3) is 0 Å². The molecule has 0 aromatic carbocycles. The highest BCUT2D eigenvalue weighted by Crippen LogP contribution is 2.06. The second-order valence-corrected chi connectivity index (χ2v) is 6.65. The van der Waals surface area contributed by atoms with Gasteiger partial charge in [0, 0.05) is 26.1 Å². The number of ether oxygens (including phenoxy) is 1. The van der Waals surface area contributed by atoms with Crippen LogP contribution >= 0.6 is 0 Å². The number of aliphatic hydroxyl groups is 1. The van der Waals surface area contributed by atoms with E-state index in [4.69, 9.17) is 9.84 Å². The zero-order valence-corrected chi connectivity index (χ0v) is 12.0. The van der Waals surface area contributed by atoms with Gasteiger partial charge in [-0.05, 0) is 13.3 Å². The van der Waals surface area contributed by atoms with Crippen LogP contribution in [-0.2, 0) is 19.6 Å². The van der Waals surface area contributed by atoms with E-state index >= 15 is 0 Å². The molecule has 0 spiro atoms. The van der Waals surface area contributed by atoms with Crippen molar-refractivity contribution in [2.75, 3.05) is 38.6 Å². The lowest BCUT2D eigenvalue weighted by Gasteiger charge is -2.25. The molecule has 1 rings (SSSR count). The van der Waals surface area contributed by atoms with Gasteiger partial charge < -0.3 is 15.2 Å². The maximum atomic E-state index is 11.9. The average Bonchev–Trinajstić information content (AvgIpc) is 2.37. The Kier molecular flexibility index (Phi) is 6.70. The first kappa shape index (κ1) is 16.4. The number of carbonyl (C=O) groups is 1. The van der Waals surface area contributed by atoms with E-state index in [0.29, 0.717) is 39.3 Å². The second-order valence-electron chi connectivity index (χ2n) is 4.57. The van der Waals surface area contributed by atoms with E-state index in [1.54, 1.807) is 6.92 Å². The lowest BCUT2D eigenvalue weighted by atomic mass is 10.3. The first-order chi connectivity index (χ1) is 8.92. The van der Waals surface area contributed by atoms with Crippen molar-refractivity contribution < 1.29 is 23.1 Å². The minimum absolute atomic E-state index is 0.0561. The van der Waals surface area contributed by atoms with Crippen LogP contribution in [0.3, 0.4) is 0 Å². The number of hydrogen-bond donors (Lipinski definition) is 2. The van der Waals surface area contributed by atoms with Crippen molar-refractivity contribution in [1.29, 1.82) is 0 Å². The average molecular weight is 294 g/mol. The Hall–Kier alpha value is -0.700. The van der Waals surface area contributed by atoms with E-state index in [1.165, 1.54) is 4.31 Å². The summed E-state index contributed by atoms with van der Waals surface area (Å²) in [5, 5.41) is 11.6. The summed E-state index contributed by atoms with van der Waals surface area (Å²) < 4.78 is 30.3. The minimum atomic E-state index is -3.38. The van der Waals surface area contributed by atoms with Crippen molar-refractivity contribution in [2.45, 2.75) is 25.9 Å². The van der Waals surface area contributed by atoms with Crippen LogP contribution in [-0.4, -0.2) is 68.4 Å². The Balaban J connectivity index is 2.28. The SMILES string of the molecule is CC(O)CCNC(=O)CCS(=O)(=O)N1CCOCC1. The van der Waals surface area contributed by atoms with Crippen molar-refractivity contribution in [2.24, 2.45) is 0 Å². The number of hydrogen-bond acceptors (Lipinski definition) is 5. The van der Waals surface area contributed by atoms with Gasteiger partial charge in [-0.1, -0.05) is 0 Å². The summed E-state index contributed by atoms with van der Waals surface area (Å²) in [6.45, 7) is 3.50. The molecule has 1 fully saturated rings. The molecule has 0 aliphatic carbocycles. The Morgan fingerprint density at radius 2 is 2.05 bits per heavy atom. The molecule has 1 saturated heterocycles. The highest BCUT2D eigenvalue weighted by atomic mass is 32.2. The van der Waals surface area contributed by atoms with Gasteiger partial charge in [0.1, 0.15) is 0 Å². The molecule has 0 aromatic rings. The van der Waals surface area contributed by atoms with Gasteiger partial charge in [0.2, 0.25) is 15.9 Å². The largest absolute Gasteiger partial charge is 0.393 e. The standard InChI is InChI=1S/C11H22N2O5S/c1-10(14)2-4-12-11(15)3-9-19(16,17)13-5-7-18-8-6-13/h10,14H,2-9H2,1H3,(H,12,15). The molecule has 19 heavy (non-hydrogen) atoms. The maximum absolute atomic E-state index is 11.9. The zero-order valence-electron chi connectivity index (χ0n) is 11.2. The fraction of sp³-hybridized carbons (Fsp3) is 0.909. The monoisotopic (exact) mass is 294 g/mol. The maximum Gasteiger partial charge on any atom is 0.221 e. The van der Waals surface area contributed by atoms with Crippen LogP contribution < -0.4 is 5.32 Å². The van der Waals surface area contributed by atoms with Gasteiger partial charge in [-0.25, -0.2) is 8.42 Å². The number of nitrogens with zero attached hydrogens (tertiary/aromatic N) is 1. The second kappa shape index (κ2) is 7.78. The lowest BCUT2D eigenvalue weighted by Crippen LogP contribution is -2.42. The molecular weight excluding hydrogens is 272 g/mol. The van der Waals surface area contributed by atoms with Crippen LogP contribution in [0.2, 0.25) is 0 Å². The fourth-order valence-corrected chi connectivity index (χ4v) is 3.09. The van der Waals surface area contributed by atoms with Crippen molar-refractivity contribution in [3.05, 3.63) is 0 Å². The molecular formula is C11H22N2O5S. The zero-order chi connectivity index (χ0) is 14.3. The predicted molar refractivity (Wildman–Crippen MR) is 70.1 cm³/mol. The van der Waals surface area contributed by atoms with Crippen molar-refractivity contribution in [3.63, 3.8) is 0 Å². The first-order valence-corrected chi connectivity index (χ1v) is 8.03. The Bertz CT molecular complexity index is 377. The number of nitrogens with one attached hydrogen (secondary N) is 1. The Morgan fingerprint density at radius 1 is 1.42 bits per heavy atom. The van der Waals surface area contributed by atoms with E-state index in [-0.39, 0.29) is 18.1 Å². The van der Waals surface area contributed by atoms with E-state index in [1.807, 2.05) is 0 Å². The number of carbonyl (C=O) groups excluding carboxylic acids is 1. The highest BCUT2D eigenvalue weighted by Gasteiger charge is 2.24. The summed E-state index contributed by atoms with van der Waals surface area (Å²) in [6.07, 6.45) is -0.0704. The van der Waals surface area contributed by atoms with Gasteiger partial charge in [-0.15, -0.1) is 0 Å². The van der Waals surface area contributed by atoms with E-state index in [9.17, 15) is 13.2 Å². The highest BCUT2D eigenvalue weighted by molar-refractivity contribution is 7.89. The quantitative estimate of drug-likeness (QED) is 0.623. The molecule has 7 nitrogen and oxygen atoms in total. The van der Waals surface area contributed by atoms with E-state index in [2.05, 4.69) is 5.32 Å². The molecule has 1 amide bonds. The summed E-state index contributed by atoms with van der Waals surface area (Å²) in [4.78, 5) is 11.5. The third-order valence-electron chi connectivity index (χ3n) is 2.83. The molecule has 1 unspecified atom stereocenters. The summed E-state index contributed by atoms with van der Waals surface area (Å²) in [7, 11) is -3.38. The number of aliphatic hydroxyl groups excluding tert-OH is 1. The van der Waals surface area contributed by atoms with Gasteiger partial charge in [-0.3, -0.25) is 4.79 Å². The van der Waals surface area contributed by atoms with Crippen LogP contribution in [0.1, 0.15) is 19.8 Å². The Morgan fingerprint density at radius 3 is 2.63 bits per heavy atom. The van der Waals surface area contributed by atoms with Gasteiger partial charge in [0.15, 0.2) is 0 Å². The summed E-state index contributed by atoms with van der Waals surface area (Å²) in [5.41, 5.74) is 0. The smallest absolute Gasteiger partial charge is 0.221 e. The molecule has 1 aliphatic rings. The van der Waals surface area contributed by atoms with Gasteiger partial charge in [-0.2, -0.15) is 4.31 Å². The topological polar surface area (TPSA) is 95.9 Å². The van der Waals surface area contributed by atoms with Crippen LogP contribution in [0.5, 0.6) is 0 Å². The predicted octanol–water partition coefficient (Wildman–Crippen LogP) is -1.07. The molecule has 1 aliphatic heterocycles. The number of rotatable bonds is 7. The third kappa shape index (κ3) is 6.33. The van der Waals surface area contributed by atoms with E-state index in [0.717, 1.165) is 0 Å². The number of morpholine rings is 1. The third-order valence-corrected chi connectivity index (χ3v) is 4.71. The van der Waals surface area contributed by atoms with E-state index < -0.39 is 16.1 Å². The van der Waals surface area contributed by atoms with Gasteiger partial charge >= 0.3 is 0 Å². The van der Waals surface area contributed by atoms with Crippen LogP contribution in [0, 0.1) is 0 Å². The minimum Gasteiger partial charge on any atom is -0.393 e.